The van der Waals surface area contributed by atoms with Crippen LogP contribution in [0.4, 0.5) is 17.1 Å². The second-order valence-corrected chi connectivity index (χ2v) is 16.2. The quantitative estimate of drug-likeness (QED) is 0.162. The van der Waals surface area contributed by atoms with Crippen molar-refractivity contribution in [3.63, 3.8) is 0 Å². The maximum Gasteiger partial charge on any atom is 0.0605 e. The second-order valence-electron chi connectivity index (χ2n) is 13.7. The van der Waals surface area contributed by atoms with Crippen LogP contribution in [-0.4, -0.2) is 0 Å². The molecule has 0 saturated heterocycles. The van der Waals surface area contributed by atoms with Crippen molar-refractivity contribution in [1.82, 2.24) is 0 Å². The number of anilines is 3. The van der Waals surface area contributed by atoms with Crippen molar-refractivity contribution < 1.29 is 0 Å². The van der Waals surface area contributed by atoms with Crippen LogP contribution in [0.1, 0.15) is 50.1 Å². The summed E-state index contributed by atoms with van der Waals surface area (Å²) in [5.74, 6) is 0. The predicted octanol–water partition coefficient (Wildman–Crippen LogP) is 15.2. The van der Waals surface area contributed by atoms with Gasteiger partial charge < -0.3 is 4.90 Å². The summed E-state index contributed by atoms with van der Waals surface area (Å²) in [5, 5.41) is 0. The van der Waals surface area contributed by atoms with E-state index in [-0.39, 0.29) is 0 Å². The van der Waals surface area contributed by atoms with Gasteiger partial charge in [-0.3, -0.25) is 0 Å². The largest absolute Gasteiger partial charge is 0.307 e. The SMILES string of the molecule is Cc1cc(C)c(-c2ccc(N(c3ccc(-c4c(C)cc(C)cc4C)cc3Br)c3ccc(-c4c(C)cc(C)cc4C)cc3Br)c(Br)c2)c(C)c1. The molecule has 0 fully saturated rings. The molecule has 0 aliphatic carbocycles. The van der Waals surface area contributed by atoms with Crippen molar-refractivity contribution in [1.29, 1.82) is 0 Å². The summed E-state index contributed by atoms with van der Waals surface area (Å²) in [5.41, 5.74) is 22.2. The molecule has 49 heavy (non-hydrogen) atoms. The first-order chi connectivity index (χ1) is 23.2. The number of nitrogens with zero attached hydrogens (tertiary/aromatic N) is 1. The van der Waals surface area contributed by atoms with Crippen LogP contribution in [0.2, 0.25) is 0 Å². The van der Waals surface area contributed by atoms with Gasteiger partial charge in [0.15, 0.2) is 0 Å². The van der Waals surface area contributed by atoms with E-state index in [1.807, 2.05) is 0 Å². The maximum atomic E-state index is 4.03. The highest BCUT2D eigenvalue weighted by Crippen LogP contribution is 2.48. The molecule has 6 rings (SSSR count). The Balaban J connectivity index is 1.53. The average Bonchev–Trinajstić information content (AvgIpc) is 2.98. The van der Waals surface area contributed by atoms with Gasteiger partial charge in [-0.2, -0.15) is 0 Å². The van der Waals surface area contributed by atoms with Gasteiger partial charge in [-0.05, 0) is 213 Å². The zero-order chi connectivity index (χ0) is 35.3. The molecule has 4 heteroatoms. The van der Waals surface area contributed by atoms with Crippen LogP contribution in [0.5, 0.6) is 0 Å². The van der Waals surface area contributed by atoms with E-state index in [9.17, 15) is 0 Å². The van der Waals surface area contributed by atoms with Gasteiger partial charge in [-0.15, -0.1) is 0 Å². The normalized spacial score (nSPS) is 11.3. The van der Waals surface area contributed by atoms with Crippen molar-refractivity contribution in [3.8, 4) is 33.4 Å². The fourth-order valence-corrected chi connectivity index (χ4v) is 9.49. The Hall–Kier alpha value is -3.44. The van der Waals surface area contributed by atoms with Crippen LogP contribution in [0, 0.1) is 62.3 Å². The minimum atomic E-state index is 1.02. The van der Waals surface area contributed by atoms with E-state index in [4.69, 9.17) is 0 Å². The highest BCUT2D eigenvalue weighted by molar-refractivity contribution is 9.11. The van der Waals surface area contributed by atoms with Gasteiger partial charge in [-0.1, -0.05) is 71.3 Å². The molecule has 0 N–H and O–H groups in total. The first kappa shape index (κ1) is 35.4. The minimum Gasteiger partial charge on any atom is -0.307 e. The lowest BCUT2D eigenvalue weighted by molar-refractivity contribution is 1.25. The van der Waals surface area contributed by atoms with E-state index in [0.717, 1.165) is 30.5 Å². The Labute approximate surface area is 317 Å². The molecule has 0 unspecified atom stereocenters. The zero-order valence-corrected chi connectivity index (χ0v) is 34.5. The zero-order valence-electron chi connectivity index (χ0n) is 29.7. The Bertz CT molecular complexity index is 1940. The molecule has 0 radical (unpaired) electrons. The predicted molar refractivity (Wildman–Crippen MR) is 223 cm³/mol. The third-order valence-electron chi connectivity index (χ3n) is 9.46. The second kappa shape index (κ2) is 14.1. The van der Waals surface area contributed by atoms with Crippen LogP contribution >= 0.6 is 47.8 Å². The molecular weight excluding hydrogens is 794 g/mol. The van der Waals surface area contributed by atoms with Crippen molar-refractivity contribution >= 4 is 64.9 Å². The number of halogens is 3. The van der Waals surface area contributed by atoms with E-state index in [1.54, 1.807) is 0 Å². The molecule has 6 aromatic carbocycles. The van der Waals surface area contributed by atoms with Crippen LogP contribution in [-0.2, 0) is 0 Å². The summed E-state index contributed by atoms with van der Waals surface area (Å²) in [6.07, 6.45) is 0. The first-order valence-electron chi connectivity index (χ1n) is 16.7. The Morgan fingerprint density at radius 3 is 0.755 bits per heavy atom. The molecule has 248 valence electrons. The van der Waals surface area contributed by atoms with E-state index in [0.29, 0.717) is 0 Å². The Morgan fingerprint density at radius 1 is 0.327 bits per heavy atom. The van der Waals surface area contributed by atoms with Crippen molar-refractivity contribution in [3.05, 3.63) is 154 Å². The molecular formula is C45H42Br3N. The summed E-state index contributed by atoms with van der Waals surface area (Å²) in [6, 6.07) is 33.8. The summed E-state index contributed by atoms with van der Waals surface area (Å²) in [6.45, 7) is 19.7. The van der Waals surface area contributed by atoms with Gasteiger partial charge in [0.1, 0.15) is 0 Å². The molecule has 1 nitrogen and oxygen atoms in total. The first-order valence-corrected chi connectivity index (χ1v) is 19.0. The molecule has 0 aromatic heterocycles. The fraction of sp³-hybridized carbons (Fsp3) is 0.200. The number of hydrogen-bond donors (Lipinski definition) is 0. The van der Waals surface area contributed by atoms with E-state index >= 15 is 0 Å². The minimum absolute atomic E-state index is 1.02. The van der Waals surface area contributed by atoms with E-state index < -0.39 is 0 Å². The van der Waals surface area contributed by atoms with Gasteiger partial charge >= 0.3 is 0 Å². The van der Waals surface area contributed by atoms with Crippen LogP contribution < -0.4 is 4.90 Å². The lowest BCUT2D eigenvalue weighted by Crippen LogP contribution is -2.12. The van der Waals surface area contributed by atoms with Crippen molar-refractivity contribution in [2.24, 2.45) is 0 Å². The Morgan fingerprint density at radius 2 is 0.551 bits per heavy atom. The topological polar surface area (TPSA) is 3.24 Å². The highest BCUT2D eigenvalue weighted by atomic mass is 79.9. The molecule has 0 bridgehead atoms. The standard InChI is InChI=1S/C45H42Br3N/c1-25-16-28(4)43(29(5)17-25)34-10-13-40(37(46)22-34)49(41-14-11-35(23-38(41)47)44-30(6)18-26(2)19-31(44)7)42-15-12-36(24-39(42)48)45-32(8)20-27(3)21-33(45)9/h10-24H,1-9H3. The maximum absolute atomic E-state index is 4.03. The van der Waals surface area contributed by atoms with Crippen LogP contribution in [0.3, 0.4) is 0 Å². The molecule has 0 saturated carbocycles. The van der Waals surface area contributed by atoms with Gasteiger partial charge in [0.05, 0.1) is 17.1 Å². The summed E-state index contributed by atoms with van der Waals surface area (Å²) in [7, 11) is 0. The number of aryl methyl sites for hydroxylation is 9. The van der Waals surface area contributed by atoms with Gasteiger partial charge in [0, 0.05) is 13.4 Å². The molecule has 0 aliphatic rings. The summed E-state index contributed by atoms with van der Waals surface area (Å²) in [4.78, 5) is 2.34. The lowest BCUT2D eigenvalue weighted by atomic mass is 9.93. The molecule has 6 aromatic rings. The molecule has 0 atom stereocenters. The summed E-state index contributed by atoms with van der Waals surface area (Å²) < 4.78 is 3.06. The average molecular weight is 837 g/mol. The smallest absolute Gasteiger partial charge is 0.0605 e. The third kappa shape index (κ3) is 6.98. The lowest BCUT2D eigenvalue weighted by Gasteiger charge is -2.29. The van der Waals surface area contributed by atoms with Gasteiger partial charge in [0.2, 0.25) is 0 Å². The molecule has 0 spiro atoms. The molecule has 0 aliphatic heterocycles. The number of benzene rings is 6. The van der Waals surface area contributed by atoms with E-state index in [2.05, 4.69) is 206 Å². The van der Waals surface area contributed by atoms with Gasteiger partial charge in [-0.25, -0.2) is 0 Å². The fourth-order valence-electron chi connectivity index (χ4n) is 7.83. The highest BCUT2D eigenvalue weighted by Gasteiger charge is 2.23. The summed E-state index contributed by atoms with van der Waals surface area (Å²) >= 11 is 12.1. The molecule has 0 heterocycles. The third-order valence-corrected chi connectivity index (χ3v) is 11.4. The van der Waals surface area contributed by atoms with Crippen LogP contribution in [0.15, 0.2) is 104 Å². The van der Waals surface area contributed by atoms with Crippen LogP contribution in [0.25, 0.3) is 33.4 Å². The van der Waals surface area contributed by atoms with E-state index in [1.165, 1.54) is 83.5 Å². The number of hydrogen-bond acceptors (Lipinski definition) is 1. The van der Waals surface area contributed by atoms with Gasteiger partial charge in [0.25, 0.3) is 0 Å². The van der Waals surface area contributed by atoms with Crippen molar-refractivity contribution in [2.45, 2.75) is 62.3 Å². The Kier molecular flexibility index (Phi) is 10.2. The van der Waals surface area contributed by atoms with Crippen molar-refractivity contribution in [2.75, 3.05) is 4.90 Å². The monoisotopic (exact) mass is 833 g/mol. The molecule has 0 amide bonds. The number of rotatable bonds is 6.